The quantitative estimate of drug-likeness (QED) is 0.513. The van der Waals surface area contributed by atoms with Gasteiger partial charge in [-0.05, 0) is 11.1 Å². The SMILES string of the molecule is O=C1C(=C(c2ccccc2)c2ccccc2)C(=O)c2ccccc21. The molecule has 0 N–H and O–H groups in total. The number of rotatable bonds is 2. The lowest BCUT2D eigenvalue weighted by Gasteiger charge is -2.11. The molecule has 0 saturated carbocycles. The van der Waals surface area contributed by atoms with Gasteiger partial charge < -0.3 is 0 Å². The van der Waals surface area contributed by atoms with Crippen molar-refractivity contribution >= 4 is 17.1 Å². The van der Waals surface area contributed by atoms with Crippen LogP contribution in [0.1, 0.15) is 31.8 Å². The van der Waals surface area contributed by atoms with E-state index < -0.39 is 0 Å². The van der Waals surface area contributed by atoms with Crippen LogP contribution in [0.2, 0.25) is 0 Å². The number of fused-ring (bicyclic) bond motifs is 1. The molecule has 0 fully saturated rings. The minimum Gasteiger partial charge on any atom is -0.288 e. The van der Waals surface area contributed by atoms with Crippen molar-refractivity contribution in [2.75, 3.05) is 0 Å². The van der Waals surface area contributed by atoms with E-state index in [1.807, 2.05) is 60.7 Å². The van der Waals surface area contributed by atoms with Crippen LogP contribution in [0, 0.1) is 0 Å². The van der Waals surface area contributed by atoms with Crippen LogP contribution in [0.3, 0.4) is 0 Å². The summed E-state index contributed by atoms with van der Waals surface area (Å²) in [5.74, 6) is -0.392. The zero-order valence-corrected chi connectivity index (χ0v) is 12.9. The second kappa shape index (κ2) is 5.74. The van der Waals surface area contributed by atoms with E-state index in [0.717, 1.165) is 11.1 Å². The van der Waals surface area contributed by atoms with E-state index in [9.17, 15) is 9.59 Å². The van der Waals surface area contributed by atoms with Crippen LogP contribution in [0.5, 0.6) is 0 Å². The lowest BCUT2D eigenvalue weighted by Crippen LogP contribution is -2.06. The van der Waals surface area contributed by atoms with Crippen molar-refractivity contribution in [2.24, 2.45) is 0 Å². The topological polar surface area (TPSA) is 34.1 Å². The van der Waals surface area contributed by atoms with Crippen LogP contribution < -0.4 is 0 Å². The number of Topliss-reactive ketones (excluding diaryl/α,β-unsaturated/α-hetero) is 2. The lowest BCUT2D eigenvalue weighted by atomic mass is 9.91. The van der Waals surface area contributed by atoms with Gasteiger partial charge in [0.05, 0.1) is 5.57 Å². The molecule has 0 aromatic heterocycles. The van der Waals surface area contributed by atoms with Crippen molar-refractivity contribution < 1.29 is 9.59 Å². The standard InChI is InChI=1S/C22H14O2/c23-21-17-13-7-8-14-18(17)22(24)20(21)19(15-9-3-1-4-10-15)16-11-5-2-6-12-16/h1-14H. The van der Waals surface area contributed by atoms with E-state index in [1.54, 1.807) is 24.3 Å². The maximum absolute atomic E-state index is 12.9. The molecule has 114 valence electrons. The molecule has 2 nitrogen and oxygen atoms in total. The zero-order chi connectivity index (χ0) is 16.5. The fourth-order valence-electron chi connectivity index (χ4n) is 3.14. The molecule has 0 atom stereocenters. The van der Waals surface area contributed by atoms with E-state index in [4.69, 9.17) is 0 Å². The molecule has 0 unspecified atom stereocenters. The van der Waals surface area contributed by atoms with E-state index in [0.29, 0.717) is 16.7 Å². The summed E-state index contributed by atoms with van der Waals surface area (Å²) in [6.45, 7) is 0. The van der Waals surface area contributed by atoms with Gasteiger partial charge in [0.25, 0.3) is 0 Å². The summed E-state index contributed by atoms with van der Waals surface area (Å²) >= 11 is 0. The fourth-order valence-corrected chi connectivity index (χ4v) is 3.14. The van der Waals surface area contributed by atoms with Gasteiger partial charge in [-0.2, -0.15) is 0 Å². The van der Waals surface area contributed by atoms with E-state index in [1.165, 1.54) is 0 Å². The lowest BCUT2D eigenvalue weighted by molar-refractivity contribution is 0.0990. The Labute approximate surface area is 140 Å². The van der Waals surface area contributed by atoms with Crippen molar-refractivity contribution in [3.63, 3.8) is 0 Å². The molecule has 0 heterocycles. The highest BCUT2D eigenvalue weighted by molar-refractivity contribution is 6.43. The first kappa shape index (κ1) is 14.3. The predicted octanol–water partition coefficient (Wildman–Crippen LogP) is 4.57. The van der Waals surface area contributed by atoms with Crippen LogP contribution >= 0.6 is 0 Å². The van der Waals surface area contributed by atoms with Gasteiger partial charge in [-0.1, -0.05) is 84.9 Å². The van der Waals surface area contributed by atoms with Crippen molar-refractivity contribution in [3.8, 4) is 0 Å². The van der Waals surface area contributed by atoms with Crippen LogP contribution in [0.4, 0.5) is 0 Å². The third-order valence-corrected chi connectivity index (χ3v) is 4.25. The van der Waals surface area contributed by atoms with Gasteiger partial charge in [-0.15, -0.1) is 0 Å². The Morgan fingerprint density at radius 2 is 0.875 bits per heavy atom. The maximum Gasteiger partial charge on any atom is 0.198 e. The normalized spacial score (nSPS) is 13.1. The molecule has 0 spiro atoms. The minimum atomic E-state index is -0.196. The third-order valence-electron chi connectivity index (χ3n) is 4.25. The maximum atomic E-state index is 12.9. The number of hydrogen-bond acceptors (Lipinski definition) is 2. The summed E-state index contributed by atoms with van der Waals surface area (Å²) in [4.78, 5) is 25.8. The summed E-state index contributed by atoms with van der Waals surface area (Å²) in [5, 5.41) is 0. The molecule has 0 radical (unpaired) electrons. The molecular formula is C22H14O2. The molecule has 1 aliphatic carbocycles. The Kier molecular flexibility index (Phi) is 3.43. The zero-order valence-electron chi connectivity index (χ0n) is 12.9. The first-order valence-electron chi connectivity index (χ1n) is 7.81. The molecule has 24 heavy (non-hydrogen) atoms. The van der Waals surface area contributed by atoms with Crippen molar-refractivity contribution in [1.82, 2.24) is 0 Å². The van der Waals surface area contributed by atoms with Gasteiger partial charge in [0.2, 0.25) is 0 Å². The Balaban J connectivity index is 2.03. The number of carbonyl (C=O) groups is 2. The number of hydrogen-bond donors (Lipinski definition) is 0. The highest BCUT2D eigenvalue weighted by Gasteiger charge is 2.35. The van der Waals surface area contributed by atoms with Crippen LogP contribution in [0.15, 0.2) is 90.5 Å². The van der Waals surface area contributed by atoms with Gasteiger partial charge in [-0.3, -0.25) is 9.59 Å². The molecule has 3 aromatic rings. The molecule has 0 bridgehead atoms. The Morgan fingerprint density at radius 3 is 1.29 bits per heavy atom. The molecule has 2 heteroatoms. The van der Waals surface area contributed by atoms with Gasteiger partial charge in [0.1, 0.15) is 0 Å². The van der Waals surface area contributed by atoms with Gasteiger partial charge in [0, 0.05) is 16.7 Å². The first-order chi connectivity index (χ1) is 11.8. The number of carbonyl (C=O) groups excluding carboxylic acids is 2. The molecule has 4 rings (SSSR count). The van der Waals surface area contributed by atoms with Crippen molar-refractivity contribution in [2.45, 2.75) is 0 Å². The number of allylic oxidation sites excluding steroid dienone is 1. The second-order valence-corrected chi connectivity index (χ2v) is 5.69. The third kappa shape index (κ3) is 2.20. The predicted molar refractivity (Wildman–Crippen MR) is 94.0 cm³/mol. The summed E-state index contributed by atoms with van der Waals surface area (Å²) in [5.41, 5.74) is 3.67. The smallest absolute Gasteiger partial charge is 0.198 e. The molecule has 0 saturated heterocycles. The molecule has 3 aromatic carbocycles. The Hall–Kier alpha value is -3.26. The summed E-state index contributed by atoms with van der Waals surface area (Å²) in [6, 6.07) is 26.2. The monoisotopic (exact) mass is 310 g/mol. The highest BCUT2D eigenvalue weighted by Crippen LogP contribution is 2.35. The van der Waals surface area contributed by atoms with Crippen molar-refractivity contribution in [1.29, 1.82) is 0 Å². The average Bonchev–Trinajstić information content (AvgIpc) is 2.90. The minimum absolute atomic E-state index is 0.196. The fraction of sp³-hybridized carbons (Fsp3) is 0. The van der Waals surface area contributed by atoms with Crippen molar-refractivity contribution in [3.05, 3.63) is 113 Å². The van der Waals surface area contributed by atoms with Crippen LogP contribution in [0.25, 0.3) is 5.57 Å². The van der Waals surface area contributed by atoms with Crippen LogP contribution in [-0.4, -0.2) is 11.6 Å². The Bertz CT molecular complexity index is 889. The highest BCUT2D eigenvalue weighted by atomic mass is 16.2. The second-order valence-electron chi connectivity index (χ2n) is 5.69. The van der Waals surface area contributed by atoms with E-state index >= 15 is 0 Å². The van der Waals surface area contributed by atoms with Gasteiger partial charge >= 0.3 is 0 Å². The van der Waals surface area contributed by atoms with Crippen LogP contribution in [-0.2, 0) is 0 Å². The van der Waals surface area contributed by atoms with Gasteiger partial charge in [-0.25, -0.2) is 0 Å². The number of benzene rings is 3. The van der Waals surface area contributed by atoms with Gasteiger partial charge in [0.15, 0.2) is 11.6 Å². The molecular weight excluding hydrogens is 296 g/mol. The van der Waals surface area contributed by atoms with E-state index in [-0.39, 0.29) is 17.1 Å². The largest absolute Gasteiger partial charge is 0.288 e. The molecule has 0 aliphatic heterocycles. The van der Waals surface area contributed by atoms with E-state index in [2.05, 4.69) is 0 Å². The summed E-state index contributed by atoms with van der Waals surface area (Å²) in [7, 11) is 0. The molecule has 1 aliphatic rings. The molecule has 0 amide bonds. The number of ketones is 2. The summed E-state index contributed by atoms with van der Waals surface area (Å²) in [6.07, 6.45) is 0. The summed E-state index contributed by atoms with van der Waals surface area (Å²) < 4.78 is 0. The first-order valence-corrected chi connectivity index (χ1v) is 7.81. The average molecular weight is 310 g/mol. The Morgan fingerprint density at radius 1 is 0.500 bits per heavy atom.